The lowest BCUT2D eigenvalue weighted by Crippen LogP contribution is -2.22. The van der Waals surface area contributed by atoms with Crippen molar-refractivity contribution in [3.63, 3.8) is 0 Å². The zero-order valence-corrected chi connectivity index (χ0v) is 13.6. The van der Waals surface area contributed by atoms with E-state index in [0.717, 1.165) is 28.7 Å². The van der Waals surface area contributed by atoms with E-state index >= 15 is 0 Å². The molecule has 1 N–H and O–H groups in total. The summed E-state index contributed by atoms with van der Waals surface area (Å²) in [5.41, 5.74) is 3.20. The quantitative estimate of drug-likeness (QED) is 0.734. The Labute approximate surface area is 140 Å². The summed E-state index contributed by atoms with van der Waals surface area (Å²) < 4.78 is 5.31. The molecule has 0 bridgehead atoms. The Morgan fingerprint density at radius 3 is 2.74 bits per heavy atom. The molecule has 4 nitrogen and oxygen atoms in total. The maximum atomic E-state index is 6.15. The van der Waals surface area contributed by atoms with E-state index in [9.17, 15) is 0 Å². The summed E-state index contributed by atoms with van der Waals surface area (Å²) in [6.45, 7) is 1.44. The molecule has 1 heterocycles. The van der Waals surface area contributed by atoms with E-state index in [4.69, 9.17) is 16.3 Å². The molecule has 1 aromatic heterocycles. The third kappa shape index (κ3) is 4.05. The maximum Gasteiger partial charge on any atom is 0.119 e. The van der Waals surface area contributed by atoms with Gasteiger partial charge < -0.3 is 14.6 Å². The summed E-state index contributed by atoms with van der Waals surface area (Å²) in [7, 11) is 1.68. The molecule has 3 aromatic rings. The molecule has 0 saturated carbocycles. The lowest BCUT2D eigenvalue weighted by atomic mass is 10.1. The summed E-state index contributed by atoms with van der Waals surface area (Å²) in [6, 6.07) is 15.9. The minimum Gasteiger partial charge on any atom is -0.497 e. The van der Waals surface area contributed by atoms with Crippen LogP contribution in [0.3, 0.4) is 0 Å². The average Bonchev–Trinajstić information content (AvgIpc) is 3.07. The molecule has 0 aliphatic heterocycles. The van der Waals surface area contributed by atoms with Crippen LogP contribution in [0.15, 0.2) is 61.1 Å². The molecule has 118 valence electrons. The second-order valence-electron chi connectivity index (χ2n) is 5.25. The molecule has 0 radical (unpaired) electrons. The van der Waals surface area contributed by atoms with Gasteiger partial charge in [0.15, 0.2) is 0 Å². The fourth-order valence-corrected chi connectivity index (χ4v) is 2.66. The van der Waals surface area contributed by atoms with Crippen molar-refractivity contribution in [1.82, 2.24) is 9.97 Å². The number of halogens is 1. The molecule has 0 aliphatic carbocycles. The van der Waals surface area contributed by atoms with Crippen LogP contribution in [-0.4, -0.2) is 17.1 Å². The number of aromatic nitrogens is 2. The van der Waals surface area contributed by atoms with Gasteiger partial charge in [-0.2, -0.15) is 0 Å². The molecule has 0 aliphatic rings. The van der Waals surface area contributed by atoms with Gasteiger partial charge in [-0.3, -0.25) is 0 Å². The molecule has 0 atom stereocenters. The highest BCUT2D eigenvalue weighted by Gasteiger charge is 2.11. The topological polar surface area (TPSA) is 41.1 Å². The van der Waals surface area contributed by atoms with E-state index in [1.807, 2.05) is 42.6 Å². The van der Waals surface area contributed by atoms with Gasteiger partial charge in [0.25, 0.3) is 0 Å². The fourth-order valence-electron chi connectivity index (χ4n) is 2.48. The zero-order valence-electron chi connectivity index (χ0n) is 12.9. The molecule has 5 heteroatoms. The van der Waals surface area contributed by atoms with E-state index in [2.05, 4.69) is 27.0 Å². The molecule has 0 unspecified atom stereocenters. The first kappa shape index (κ1) is 15.4. The zero-order chi connectivity index (χ0) is 16.1. The molecule has 0 saturated heterocycles. The fraction of sp³-hybridized carbons (Fsp3) is 0.167. The van der Waals surface area contributed by atoms with Crippen LogP contribution in [0.4, 0.5) is 5.69 Å². The van der Waals surface area contributed by atoms with Crippen LogP contribution in [0.2, 0.25) is 5.02 Å². The van der Waals surface area contributed by atoms with Crippen LogP contribution in [0.5, 0.6) is 5.75 Å². The van der Waals surface area contributed by atoms with Crippen molar-refractivity contribution in [2.24, 2.45) is 0 Å². The van der Waals surface area contributed by atoms with Crippen molar-refractivity contribution in [3.05, 3.63) is 77.3 Å². The van der Waals surface area contributed by atoms with E-state index < -0.39 is 0 Å². The number of hydrogen-bond acceptors (Lipinski definition) is 3. The van der Waals surface area contributed by atoms with Crippen molar-refractivity contribution in [1.29, 1.82) is 0 Å². The van der Waals surface area contributed by atoms with Crippen molar-refractivity contribution in [2.45, 2.75) is 13.1 Å². The third-order valence-electron chi connectivity index (χ3n) is 3.59. The molecule has 0 spiro atoms. The summed E-state index contributed by atoms with van der Waals surface area (Å²) in [6.07, 6.45) is 3.60. The lowest BCUT2D eigenvalue weighted by molar-refractivity contribution is 0.414. The highest BCUT2D eigenvalue weighted by Crippen LogP contribution is 2.24. The number of hydrogen-bond donors (Lipinski definition) is 1. The highest BCUT2D eigenvalue weighted by atomic mass is 35.5. The smallest absolute Gasteiger partial charge is 0.119 e. The van der Waals surface area contributed by atoms with Gasteiger partial charge in [-0.25, -0.2) is 4.98 Å². The van der Waals surface area contributed by atoms with Gasteiger partial charge in [0.1, 0.15) is 5.75 Å². The number of rotatable bonds is 6. The van der Waals surface area contributed by atoms with Crippen LogP contribution in [-0.2, 0) is 13.1 Å². The standard InChI is InChI=1S/C18H18ClN3O/c1-23-18-7-2-4-14(8-18)11-22(12-16-10-20-13-21-16)17-6-3-5-15(19)9-17/h2-10,13H,11-12H2,1H3,(H,20,21). The Balaban J connectivity index is 1.87. The summed E-state index contributed by atoms with van der Waals surface area (Å²) in [4.78, 5) is 9.55. The predicted octanol–water partition coefficient (Wildman–Crippen LogP) is 4.28. The van der Waals surface area contributed by atoms with E-state index in [0.29, 0.717) is 6.54 Å². The van der Waals surface area contributed by atoms with Crippen LogP contribution < -0.4 is 9.64 Å². The number of nitrogens with one attached hydrogen (secondary N) is 1. The summed E-state index contributed by atoms with van der Waals surface area (Å²) in [5, 5.41) is 0.722. The molecular formula is C18H18ClN3O. The van der Waals surface area contributed by atoms with E-state index in [-0.39, 0.29) is 0 Å². The molecule has 0 fully saturated rings. The number of nitrogens with zero attached hydrogens (tertiary/aromatic N) is 2. The van der Waals surface area contributed by atoms with E-state index in [1.54, 1.807) is 13.4 Å². The molecule has 3 rings (SSSR count). The van der Waals surface area contributed by atoms with Gasteiger partial charge in [-0.05, 0) is 35.9 Å². The molecular weight excluding hydrogens is 310 g/mol. The normalized spacial score (nSPS) is 10.5. The number of imidazole rings is 1. The summed E-state index contributed by atoms with van der Waals surface area (Å²) >= 11 is 6.15. The van der Waals surface area contributed by atoms with Crippen molar-refractivity contribution >= 4 is 17.3 Å². The van der Waals surface area contributed by atoms with Crippen LogP contribution in [0.1, 0.15) is 11.3 Å². The second kappa shape index (κ2) is 7.20. The first-order valence-corrected chi connectivity index (χ1v) is 7.73. The predicted molar refractivity (Wildman–Crippen MR) is 92.9 cm³/mol. The largest absolute Gasteiger partial charge is 0.497 e. The van der Waals surface area contributed by atoms with Gasteiger partial charge in [0.05, 0.1) is 25.7 Å². The van der Waals surface area contributed by atoms with Gasteiger partial charge >= 0.3 is 0 Å². The Kier molecular flexibility index (Phi) is 4.83. The second-order valence-corrected chi connectivity index (χ2v) is 5.68. The van der Waals surface area contributed by atoms with Crippen LogP contribution >= 0.6 is 11.6 Å². The minimum absolute atomic E-state index is 0.695. The SMILES string of the molecule is COc1cccc(CN(Cc2c[nH]cn2)c2cccc(Cl)c2)c1. The first-order chi connectivity index (χ1) is 11.2. The third-order valence-corrected chi connectivity index (χ3v) is 3.82. The molecule has 0 amide bonds. The monoisotopic (exact) mass is 327 g/mol. The first-order valence-electron chi connectivity index (χ1n) is 7.36. The van der Waals surface area contributed by atoms with Gasteiger partial charge in [0, 0.05) is 23.5 Å². The molecule has 2 aromatic carbocycles. The number of anilines is 1. The molecule has 23 heavy (non-hydrogen) atoms. The Hall–Kier alpha value is -2.46. The Morgan fingerprint density at radius 1 is 1.13 bits per heavy atom. The van der Waals surface area contributed by atoms with Gasteiger partial charge in [-0.15, -0.1) is 0 Å². The van der Waals surface area contributed by atoms with Gasteiger partial charge in [-0.1, -0.05) is 29.8 Å². The Bertz CT molecular complexity index is 758. The van der Waals surface area contributed by atoms with E-state index in [1.165, 1.54) is 5.56 Å². The van der Waals surface area contributed by atoms with Crippen molar-refractivity contribution in [3.8, 4) is 5.75 Å². The number of aromatic amines is 1. The van der Waals surface area contributed by atoms with Crippen LogP contribution in [0, 0.1) is 0 Å². The summed E-state index contributed by atoms with van der Waals surface area (Å²) in [5.74, 6) is 0.855. The average molecular weight is 328 g/mol. The minimum atomic E-state index is 0.695. The number of methoxy groups -OCH3 is 1. The van der Waals surface area contributed by atoms with Crippen LogP contribution in [0.25, 0.3) is 0 Å². The number of benzene rings is 2. The Morgan fingerprint density at radius 2 is 2.00 bits per heavy atom. The van der Waals surface area contributed by atoms with Gasteiger partial charge in [0.2, 0.25) is 0 Å². The van der Waals surface area contributed by atoms with Crippen molar-refractivity contribution in [2.75, 3.05) is 12.0 Å². The lowest BCUT2D eigenvalue weighted by Gasteiger charge is -2.24. The number of H-pyrrole nitrogens is 1. The highest BCUT2D eigenvalue weighted by molar-refractivity contribution is 6.30. The maximum absolute atomic E-state index is 6.15. The van der Waals surface area contributed by atoms with Crippen molar-refractivity contribution < 1.29 is 4.74 Å². The number of ether oxygens (including phenoxy) is 1.